The average Bonchev–Trinajstić information content (AvgIpc) is 3.07. The van der Waals surface area contributed by atoms with Crippen molar-refractivity contribution in [2.45, 2.75) is 46.0 Å². The molecule has 0 radical (unpaired) electrons. The van der Waals surface area contributed by atoms with E-state index < -0.39 is 0 Å². The number of Topliss-reactive ketones (excluding diaryl/α,β-unsaturated/α-hetero) is 1. The van der Waals surface area contributed by atoms with Gasteiger partial charge in [-0.25, -0.2) is 0 Å². The van der Waals surface area contributed by atoms with E-state index >= 15 is 0 Å². The van der Waals surface area contributed by atoms with Crippen molar-refractivity contribution in [2.24, 2.45) is 5.41 Å². The van der Waals surface area contributed by atoms with Crippen LogP contribution in [0.2, 0.25) is 0 Å². The third-order valence-corrected chi connectivity index (χ3v) is 7.27. The summed E-state index contributed by atoms with van der Waals surface area (Å²) >= 11 is 0. The fraction of sp³-hybridized carbons (Fsp3) is 0.519. The quantitative estimate of drug-likeness (QED) is 0.633. The van der Waals surface area contributed by atoms with Crippen LogP contribution < -0.4 is 15.0 Å². The lowest BCUT2D eigenvalue weighted by molar-refractivity contribution is -0.116. The zero-order chi connectivity index (χ0) is 23.7. The third kappa shape index (κ3) is 4.67. The lowest BCUT2D eigenvalue weighted by Gasteiger charge is -2.37. The van der Waals surface area contributed by atoms with Gasteiger partial charge in [0.2, 0.25) is 11.8 Å². The molecule has 7 heteroatoms. The average molecular weight is 463 g/mol. The fourth-order valence-electron chi connectivity index (χ4n) is 5.28. The van der Waals surface area contributed by atoms with Crippen molar-refractivity contribution in [3.8, 4) is 5.88 Å². The molecule has 2 aliphatic heterocycles. The van der Waals surface area contributed by atoms with E-state index in [1.54, 1.807) is 0 Å². The smallest absolute Gasteiger partial charge is 0.225 e. The summed E-state index contributed by atoms with van der Waals surface area (Å²) in [5, 5.41) is 2.82. The molecule has 1 saturated heterocycles. The number of ether oxygens (including phenoxy) is 1. The Morgan fingerprint density at radius 2 is 1.82 bits per heavy atom. The van der Waals surface area contributed by atoms with Gasteiger partial charge in [-0.3, -0.25) is 14.5 Å². The van der Waals surface area contributed by atoms with Gasteiger partial charge >= 0.3 is 0 Å². The molecule has 0 unspecified atom stereocenters. The van der Waals surface area contributed by atoms with Crippen molar-refractivity contribution < 1.29 is 14.3 Å². The number of carbonyl (C=O) groups excluding carboxylic acids is 2. The summed E-state index contributed by atoms with van der Waals surface area (Å²) < 4.78 is 5.82. The number of aromatic nitrogens is 1. The Morgan fingerprint density at radius 3 is 2.65 bits per heavy atom. The van der Waals surface area contributed by atoms with Crippen LogP contribution >= 0.6 is 0 Å². The largest absolute Gasteiger partial charge is 0.478 e. The first kappa shape index (κ1) is 22.8. The van der Waals surface area contributed by atoms with Crippen LogP contribution in [0.15, 0.2) is 30.3 Å². The summed E-state index contributed by atoms with van der Waals surface area (Å²) in [5.74, 6) is 1.52. The van der Waals surface area contributed by atoms with Gasteiger partial charge in [0.25, 0.3) is 0 Å². The third-order valence-electron chi connectivity index (χ3n) is 7.27. The molecule has 3 heterocycles. The molecule has 3 aliphatic rings. The van der Waals surface area contributed by atoms with E-state index in [0.717, 1.165) is 75.2 Å². The number of fused-ring (bicyclic) bond motifs is 2. The number of hydrogen-bond acceptors (Lipinski definition) is 6. The highest BCUT2D eigenvalue weighted by molar-refractivity contribution is 6.08. The van der Waals surface area contributed by atoms with Crippen molar-refractivity contribution in [3.63, 3.8) is 0 Å². The standard InChI is InChI=1S/C27H34N4O3/c1-27(2)18-20-6-5-7-21(24(20)25(27)33)31-15-13-30(14-16-31)12-3-4-17-34-23-11-9-19-8-10-22(32)28-26(19)29-23/h5-7,9,11H,3-4,8,10,12-18H2,1-2H3,(H,28,29,32). The second-order valence-electron chi connectivity index (χ2n) is 10.3. The van der Waals surface area contributed by atoms with Gasteiger partial charge in [-0.05, 0) is 55.5 Å². The minimum atomic E-state index is -0.287. The van der Waals surface area contributed by atoms with Gasteiger partial charge in [-0.1, -0.05) is 26.0 Å². The Morgan fingerprint density at radius 1 is 1.00 bits per heavy atom. The molecule has 1 amide bonds. The summed E-state index contributed by atoms with van der Waals surface area (Å²) in [4.78, 5) is 33.8. The number of rotatable bonds is 7. The van der Waals surface area contributed by atoms with Gasteiger partial charge in [-0.15, -0.1) is 0 Å². The first-order valence-corrected chi connectivity index (χ1v) is 12.5. The van der Waals surface area contributed by atoms with Crippen molar-refractivity contribution in [1.29, 1.82) is 0 Å². The number of carbonyl (C=O) groups is 2. The molecule has 1 aromatic heterocycles. The zero-order valence-corrected chi connectivity index (χ0v) is 20.2. The number of amides is 1. The first-order chi connectivity index (χ1) is 16.4. The van der Waals surface area contributed by atoms with E-state index in [1.165, 1.54) is 5.56 Å². The lowest BCUT2D eigenvalue weighted by atomic mass is 9.89. The minimum Gasteiger partial charge on any atom is -0.478 e. The fourth-order valence-corrected chi connectivity index (χ4v) is 5.28. The van der Waals surface area contributed by atoms with Crippen molar-refractivity contribution >= 4 is 23.2 Å². The number of nitrogens with zero attached hydrogens (tertiary/aromatic N) is 3. The predicted molar refractivity (Wildman–Crippen MR) is 133 cm³/mol. The highest BCUT2D eigenvalue weighted by Crippen LogP contribution is 2.41. The molecule has 1 aromatic carbocycles. The highest BCUT2D eigenvalue weighted by Gasteiger charge is 2.40. The van der Waals surface area contributed by atoms with E-state index in [1.807, 2.05) is 12.1 Å². The SMILES string of the molecule is CC1(C)Cc2cccc(N3CCN(CCCCOc4ccc5c(n4)NC(=O)CC5)CC3)c2C1=O. The Kier molecular flexibility index (Phi) is 6.30. The van der Waals surface area contributed by atoms with E-state index in [-0.39, 0.29) is 17.1 Å². The monoisotopic (exact) mass is 462 g/mol. The van der Waals surface area contributed by atoms with Crippen LogP contribution in [0.1, 0.15) is 54.6 Å². The van der Waals surface area contributed by atoms with Crippen LogP contribution in [0.25, 0.3) is 0 Å². The normalized spacial score (nSPS) is 19.5. The van der Waals surface area contributed by atoms with Crippen LogP contribution in [-0.4, -0.2) is 60.9 Å². The van der Waals surface area contributed by atoms with Crippen molar-refractivity contribution in [3.05, 3.63) is 47.0 Å². The maximum atomic E-state index is 13.0. The molecule has 1 N–H and O–H groups in total. The molecule has 0 atom stereocenters. The van der Waals surface area contributed by atoms with Gasteiger partial charge in [0.05, 0.1) is 6.61 Å². The maximum absolute atomic E-state index is 13.0. The molecule has 1 aliphatic carbocycles. The van der Waals surface area contributed by atoms with E-state index in [4.69, 9.17) is 4.74 Å². The Bertz CT molecular complexity index is 1090. The lowest BCUT2D eigenvalue weighted by Crippen LogP contribution is -2.47. The molecular weight excluding hydrogens is 428 g/mol. The molecule has 7 nitrogen and oxygen atoms in total. The van der Waals surface area contributed by atoms with Gasteiger partial charge in [0, 0.05) is 55.3 Å². The summed E-state index contributed by atoms with van der Waals surface area (Å²) in [6.45, 7) is 9.69. The Hall–Kier alpha value is -2.93. The molecule has 0 saturated carbocycles. The number of piperazine rings is 1. The number of anilines is 2. The van der Waals surface area contributed by atoms with E-state index in [0.29, 0.717) is 24.7 Å². The maximum Gasteiger partial charge on any atom is 0.225 e. The van der Waals surface area contributed by atoms with Crippen LogP contribution in [0, 0.1) is 5.41 Å². The van der Waals surface area contributed by atoms with Gasteiger partial charge < -0.3 is 15.0 Å². The summed E-state index contributed by atoms with van der Waals surface area (Å²) in [6, 6.07) is 10.2. The van der Waals surface area contributed by atoms with Gasteiger partial charge in [0.1, 0.15) is 5.82 Å². The molecule has 34 heavy (non-hydrogen) atoms. The van der Waals surface area contributed by atoms with Crippen LogP contribution in [0.5, 0.6) is 5.88 Å². The summed E-state index contributed by atoms with van der Waals surface area (Å²) in [5.41, 5.74) is 4.05. The number of hydrogen-bond donors (Lipinski definition) is 1. The molecule has 0 bridgehead atoms. The highest BCUT2D eigenvalue weighted by atomic mass is 16.5. The molecule has 180 valence electrons. The van der Waals surface area contributed by atoms with Gasteiger partial charge in [-0.2, -0.15) is 4.98 Å². The second-order valence-corrected chi connectivity index (χ2v) is 10.3. The molecule has 2 aromatic rings. The van der Waals surface area contributed by atoms with E-state index in [2.05, 4.69) is 52.1 Å². The minimum absolute atomic E-state index is 0.0179. The van der Waals surface area contributed by atoms with Crippen molar-refractivity contribution in [2.75, 3.05) is 49.5 Å². The topological polar surface area (TPSA) is 74.8 Å². The summed E-state index contributed by atoms with van der Waals surface area (Å²) in [6.07, 6.45) is 4.12. The first-order valence-electron chi connectivity index (χ1n) is 12.5. The van der Waals surface area contributed by atoms with Gasteiger partial charge in [0.15, 0.2) is 5.78 Å². The Balaban J connectivity index is 1.06. The second kappa shape index (κ2) is 9.37. The van der Waals surface area contributed by atoms with Crippen LogP contribution in [-0.2, 0) is 17.6 Å². The van der Waals surface area contributed by atoms with Crippen LogP contribution in [0.4, 0.5) is 11.5 Å². The predicted octanol–water partition coefficient (Wildman–Crippen LogP) is 3.71. The number of pyridine rings is 1. The molecule has 0 spiro atoms. The van der Waals surface area contributed by atoms with Crippen molar-refractivity contribution in [1.82, 2.24) is 9.88 Å². The Labute approximate surface area is 201 Å². The number of unbranched alkanes of at least 4 members (excludes halogenated alkanes) is 1. The number of ketones is 1. The number of benzene rings is 1. The molecular formula is C27H34N4O3. The molecule has 1 fully saturated rings. The van der Waals surface area contributed by atoms with E-state index in [9.17, 15) is 9.59 Å². The number of nitrogens with one attached hydrogen (secondary N) is 1. The number of aryl methyl sites for hydroxylation is 1. The van der Waals surface area contributed by atoms with Crippen LogP contribution in [0.3, 0.4) is 0 Å². The summed E-state index contributed by atoms with van der Waals surface area (Å²) in [7, 11) is 0. The molecule has 5 rings (SSSR count). The zero-order valence-electron chi connectivity index (χ0n) is 20.2.